The number of ether oxygens (including phenoxy) is 1. The van der Waals surface area contributed by atoms with E-state index in [9.17, 15) is 19.5 Å². The Kier molecular flexibility index (Phi) is 6.91. The van der Waals surface area contributed by atoms with E-state index >= 15 is 4.39 Å². The zero-order valence-electron chi connectivity index (χ0n) is 25.7. The number of hydrogen-bond acceptors (Lipinski definition) is 6. The van der Waals surface area contributed by atoms with Gasteiger partial charge in [-0.3, -0.25) is 13.8 Å². The summed E-state index contributed by atoms with van der Waals surface area (Å²) >= 11 is 0. The van der Waals surface area contributed by atoms with Gasteiger partial charge in [-0.05, 0) is 62.9 Å². The molecule has 0 aliphatic heterocycles. The Hall–Kier alpha value is -5.46. The van der Waals surface area contributed by atoms with Crippen molar-refractivity contribution in [1.29, 1.82) is 0 Å². The predicted molar refractivity (Wildman–Crippen MR) is 171 cm³/mol. The molecule has 2 aromatic carbocycles. The number of halogens is 1. The number of carbonyl (C=O) groups excluding carboxylic acids is 1. The van der Waals surface area contributed by atoms with Gasteiger partial charge in [0.1, 0.15) is 11.5 Å². The number of aromatic carboxylic acids is 1. The average molecular weight is 626 g/mol. The lowest BCUT2D eigenvalue weighted by atomic mass is 9.96. The van der Waals surface area contributed by atoms with Crippen LogP contribution < -0.4 is 11.0 Å². The summed E-state index contributed by atoms with van der Waals surface area (Å²) in [6.45, 7) is 4.11. The number of rotatable bonds is 6. The van der Waals surface area contributed by atoms with Gasteiger partial charge in [-0.1, -0.05) is 12.1 Å². The fourth-order valence-corrected chi connectivity index (χ4v) is 6.84. The highest BCUT2D eigenvalue weighted by molar-refractivity contribution is 6.15. The molecule has 2 atom stereocenters. The van der Waals surface area contributed by atoms with Gasteiger partial charge in [-0.15, -0.1) is 0 Å². The van der Waals surface area contributed by atoms with Crippen molar-refractivity contribution in [3.63, 3.8) is 0 Å². The minimum atomic E-state index is -1.36. The highest BCUT2D eigenvalue weighted by Gasteiger charge is 2.32. The van der Waals surface area contributed by atoms with Gasteiger partial charge in [-0.2, -0.15) is 5.10 Å². The zero-order chi connectivity index (χ0) is 32.4. The minimum absolute atomic E-state index is 0.147. The van der Waals surface area contributed by atoms with E-state index in [2.05, 4.69) is 29.2 Å². The second-order valence-corrected chi connectivity index (χ2v) is 12.1. The Morgan fingerprint density at radius 3 is 2.61 bits per heavy atom. The highest BCUT2D eigenvalue weighted by Crippen LogP contribution is 2.43. The van der Waals surface area contributed by atoms with Gasteiger partial charge in [0.2, 0.25) is 0 Å². The van der Waals surface area contributed by atoms with Crippen LogP contribution in [0.5, 0.6) is 0 Å². The molecule has 4 heterocycles. The third-order valence-corrected chi connectivity index (χ3v) is 9.01. The van der Waals surface area contributed by atoms with E-state index in [0.29, 0.717) is 58.2 Å². The molecule has 7 rings (SSSR count). The number of pyridine rings is 1. The Balaban J connectivity index is 1.51. The topological polar surface area (TPSA) is 149 Å². The molecule has 1 amide bonds. The van der Waals surface area contributed by atoms with Crippen molar-refractivity contribution >= 4 is 45.0 Å². The fraction of sp³-hybridized carbons (Fsp3) is 0.303. The van der Waals surface area contributed by atoms with E-state index in [4.69, 9.17) is 9.72 Å². The molecule has 12 nitrogen and oxygen atoms in total. The molecule has 0 unspecified atom stereocenters. The number of imidazole rings is 1. The molecular formula is C33H32FN7O5. The summed E-state index contributed by atoms with van der Waals surface area (Å²) < 4.78 is 25.2. The number of amides is 1. The molecule has 0 saturated heterocycles. The number of methoxy groups -OCH3 is 1. The van der Waals surface area contributed by atoms with Crippen LogP contribution in [0.15, 0.2) is 53.6 Å². The van der Waals surface area contributed by atoms with Gasteiger partial charge in [-0.25, -0.2) is 23.8 Å². The highest BCUT2D eigenvalue weighted by atomic mass is 19.1. The van der Waals surface area contributed by atoms with Crippen LogP contribution in [-0.4, -0.2) is 59.2 Å². The molecule has 1 aliphatic rings. The lowest BCUT2D eigenvalue weighted by Crippen LogP contribution is -2.33. The molecule has 13 heteroatoms. The van der Waals surface area contributed by atoms with Gasteiger partial charge < -0.3 is 20.1 Å². The zero-order valence-corrected chi connectivity index (χ0v) is 25.7. The quantitative estimate of drug-likeness (QED) is 0.213. The molecular weight excluding hydrogens is 593 g/mol. The monoisotopic (exact) mass is 625 g/mol. The molecule has 0 spiro atoms. The molecule has 6 aromatic rings. The van der Waals surface area contributed by atoms with Crippen molar-refractivity contribution in [3.05, 3.63) is 70.7 Å². The number of fused-ring (bicyclic) bond motifs is 4. The van der Waals surface area contributed by atoms with Crippen LogP contribution in [0.3, 0.4) is 0 Å². The van der Waals surface area contributed by atoms with Crippen molar-refractivity contribution in [2.45, 2.75) is 51.2 Å². The van der Waals surface area contributed by atoms with Crippen LogP contribution in [-0.2, 0) is 11.8 Å². The Labute approximate surface area is 261 Å². The predicted octanol–water partition coefficient (Wildman–Crippen LogP) is 5.77. The number of aryl methyl sites for hydroxylation is 1. The molecule has 236 valence electrons. The van der Waals surface area contributed by atoms with Crippen LogP contribution in [0.2, 0.25) is 0 Å². The number of carboxylic acids is 1. The third-order valence-electron chi connectivity index (χ3n) is 9.01. The molecule has 1 aliphatic carbocycles. The largest absolute Gasteiger partial charge is 0.478 e. The molecule has 1 saturated carbocycles. The van der Waals surface area contributed by atoms with Crippen LogP contribution in [0.1, 0.15) is 55.6 Å². The van der Waals surface area contributed by atoms with Crippen molar-refractivity contribution in [2.75, 3.05) is 7.11 Å². The summed E-state index contributed by atoms with van der Waals surface area (Å²) in [5, 5.41) is 18.4. The van der Waals surface area contributed by atoms with E-state index in [1.165, 1.54) is 19.2 Å². The van der Waals surface area contributed by atoms with Gasteiger partial charge in [0.05, 0.1) is 52.7 Å². The molecule has 0 radical (unpaired) electrons. The number of H-pyrrole nitrogens is 1. The molecule has 1 fully saturated rings. The number of hydrogen-bond donors (Lipinski definition) is 3. The lowest BCUT2D eigenvalue weighted by Gasteiger charge is -2.15. The summed E-state index contributed by atoms with van der Waals surface area (Å²) in [5.74, 6) is -2.23. The number of aromatic amines is 1. The van der Waals surface area contributed by atoms with Crippen LogP contribution >= 0.6 is 0 Å². The third kappa shape index (κ3) is 4.53. The Morgan fingerprint density at radius 1 is 1.11 bits per heavy atom. The van der Waals surface area contributed by atoms with Crippen molar-refractivity contribution in [2.24, 2.45) is 7.05 Å². The Morgan fingerprint density at radius 2 is 1.89 bits per heavy atom. The van der Waals surface area contributed by atoms with Crippen molar-refractivity contribution in [1.82, 2.24) is 34.2 Å². The molecule has 0 bridgehead atoms. The normalized spacial score (nSPS) is 16.7. The minimum Gasteiger partial charge on any atom is -0.478 e. The van der Waals surface area contributed by atoms with Crippen LogP contribution in [0.25, 0.3) is 55.4 Å². The maximum atomic E-state index is 15.1. The van der Waals surface area contributed by atoms with Gasteiger partial charge >= 0.3 is 17.8 Å². The van der Waals surface area contributed by atoms with Crippen LogP contribution in [0, 0.1) is 5.82 Å². The number of benzene rings is 2. The average Bonchev–Trinajstić information content (AvgIpc) is 3.80. The van der Waals surface area contributed by atoms with Crippen molar-refractivity contribution < 1.29 is 23.8 Å². The summed E-state index contributed by atoms with van der Waals surface area (Å²) in [7, 11) is 3.02. The summed E-state index contributed by atoms with van der Waals surface area (Å²) in [5.41, 5.74) is 4.51. The number of alkyl carbamates (subject to hydrolysis) is 1. The second kappa shape index (κ2) is 10.9. The first kappa shape index (κ1) is 29.3. The van der Waals surface area contributed by atoms with Gasteiger partial charge in [0, 0.05) is 41.7 Å². The Bertz CT molecular complexity index is 2260. The van der Waals surface area contributed by atoms with Gasteiger partial charge in [0.25, 0.3) is 0 Å². The number of carboxylic acid groups (broad SMARTS) is 1. The smallest absolute Gasteiger partial charge is 0.407 e. The number of aromatic nitrogens is 6. The number of carbonyl (C=O) groups is 2. The molecule has 3 N–H and O–H groups in total. The van der Waals surface area contributed by atoms with E-state index in [1.54, 1.807) is 34.6 Å². The summed E-state index contributed by atoms with van der Waals surface area (Å²) in [4.78, 5) is 45.5. The van der Waals surface area contributed by atoms with E-state index < -0.39 is 23.4 Å². The van der Waals surface area contributed by atoms with Crippen molar-refractivity contribution in [3.8, 4) is 22.4 Å². The molecule has 46 heavy (non-hydrogen) atoms. The second-order valence-electron chi connectivity index (χ2n) is 12.1. The fourth-order valence-electron chi connectivity index (χ4n) is 6.84. The summed E-state index contributed by atoms with van der Waals surface area (Å²) in [6.07, 6.45) is 4.79. The van der Waals surface area contributed by atoms with Crippen LogP contribution in [0.4, 0.5) is 9.18 Å². The number of nitrogens with one attached hydrogen (secondary N) is 2. The summed E-state index contributed by atoms with van der Waals surface area (Å²) in [6, 6.07) is 9.73. The SMILES string of the molecule is COC(=O)N[C@@H]1CC[C@@H](n2c(=O)n(C)c3cnc4[nH]c(-c5ccc(C(=O)O)c(F)c5)c(-c5ccc6c(cnn6C(C)C)c5)c4c32)C1. The first-order chi connectivity index (χ1) is 22.1. The number of nitrogens with zero attached hydrogens (tertiary/aromatic N) is 5. The lowest BCUT2D eigenvalue weighted by molar-refractivity contribution is 0.0692. The van der Waals surface area contributed by atoms with E-state index in [-0.39, 0.29) is 23.8 Å². The maximum absolute atomic E-state index is 15.1. The first-order valence-corrected chi connectivity index (χ1v) is 15.0. The molecule has 4 aromatic heterocycles. The maximum Gasteiger partial charge on any atom is 0.407 e. The first-order valence-electron chi connectivity index (χ1n) is 15.0. The van der Waals surface area contributed by atoms with E-state index in [1.807, 2.05) is 22.9 Å². The van der Waals surface area contributed by atoms with Gasteiger partial charge in [0.15, 0.2) is 0 Å². The van der Waals surface area contributed by atoms with E-state index in [0.717, 1.165) is 16.5 Å². The standard InChI is InChI=1S/C33H32FN7O5/c1-16(2)41-24-10-6-17(11-19(24)14-36-41)26-27-29-25(39(3)33(45)40(29)21-8-7-20(13-21)37-32(44)46-4)15-35-30(27)38-28(26)18-5-9-22(31(42)43)23(34)12-18/h5-6,9-12,14-16,20-21H,7-8,13H2,1-4H3,(H,35,38)(H,37,44)(H,42,43)/t20-,21-/m1/s1.